The van der Waals surface area contributed by atoms with Gasteiger partial charge in [0.25, 0.3) is 0 Å². The van der Waals surface area contributed by atoms with E-state index in [2.05, 4.69) is 36.4 Å². The van der Waals surface area contributed by atoms with Crippen LogP contribution in [0.3, 0.4) is 0 Å². The summed E-state index contributed by atoms with van der Waals surface area (Å²) >= 11 is 2.52. The Morgan fingerprint density at radius 3 is 2.40 bits per heavy atom. The standard InChI is InChI=1S/C9H17I/c1-7(2)9-4-3-8(5-9)6-10/h7-9H,3-6H2,1-2H3/t8-,9+/m0/s1. The first-order valence-electron chi connectivity index (χ1n) is 4.30. The maximum Gasteiger partial charge on any atom is 0.00238 e. The van der Waals surface area contributed by atoms with E-state index >= 15 is 0 Å². The van der Waals surface area contributed by atoms with Crippen LogP contribution in [0.5, 0.6) is 0 Å². The van der Waals surface area contributed by atoms with Crippen LogP contribution in [0.4, 0.5) is 0 Å². The van der Waals surface area contributed by atoms with Crippen LogP contribution in [-0.2, 0) is 0 Å². The molecule has 0 bridgehead atoms. The molecule has 10 heavy (non-hydrogen) atoms. The highest BCUT2D eigenvalue weighted by molar-refractivity contribution is 14.1. The summed E-state index contributed by atoms with van der Waals surface area (Å²) in [6.07, 6.45) is 4.48. The van der Waals surface area contributed by atoms with Crippen LogP contribution in [0, 0.1) is 17.8 Å². The fraction of sp³-hybridized carbons (Fsp3) is 1.00. The monoisotopic (exact) mass is 252 g/mol. The molecule has 0 spiro atoms. The summed E-state index contributed by atoms with van der Waals surface area (Å²) in [6, 6.07) is 0. The summed E-state index contributed by atoms with van der Waals surface area (Å²) in [4.78, 5) is 0. The maximum absolute atomic E-state index is 2.52. The Hall–Kier alpha value is 0.730. The number of halogens is 1. The predicted molar refractivity (Wildman–Crippen MR) is 54.6 cm³/mol. The summed E-state index contributed by atoms with van der Waals surface area (Å²) in [6.45, 7) is 4.72. The van der Waals surface area contributed by atoms with Gasteiger partial charge in [0, 0.05) is 4.43 Å². The zero-order chi connectivity index (χ0) is 7.56. The molecule has 0 nitrogen and oxygen atoms in total. The normalized spacial score (nSPS) is 33.6. The molecule has 0 unspecified atom stereocenters. The van der Waals surface area contributed by atoms with Gasteiger partial charge in [-0.15, -0.1) is 0 Å². The van der Waals surface area contributed by atoms with E-state index in [1.54, 1.807) is 0 Å². The Labute approximate surface area is 77.9 Å². The molecule has 1 fully saturated rings. The van der Waals surface area contributed by atoms with Gasteiger partial charge in [0.1, 0.15) is 0 Å². The van der Waals surface area contributed by atoms with Crippen LogP contribution < -0.4 is 0 Å². The molecular weight excluding hydrogens is 235 g/mol. The Morgan fingerprint density at radius 2 is 2.10 bits per heavy atom. The minimum Gasteiger partial charge on any atom is -0.0861 e. The molecule has 60 valence electrons. The van der Waals surface area contributed by atoms with E-state index in [4.69, 9.17) is 0 Å². The second-order valence-electron chi connectivity index (χ2n) is 3.84. The minimum absolute atomic E-state index is 0.924. The molecule has 1 saturated carbocycles. The largest absolute Gasteiger partial charge is 0.0861 e. The van der Waals surface area contributed by atoms with Gasteiger partial charge >= 0.3 is 0 Å². The van der Waals surface area contributed by atoms with Crippen molar-refractivity contribution in [3.8, 4) is 0 Å². The van der Waals surface area contributed by atoms with Crippen LogP contribution in [0.15, 0.2) is 0 Å². The van der Waals surface area contributed by atoms with Crippen molar-refractivity contribution in [1.29, 1.82) is 0 Å². The maximum atomic E-state index is 2.52. The van der Waals surface area contributed by atoms with Gasteiger partial charge < -0.3 is 0 Å². The van der Waals surface area contributed by atoms with Crippen molar-refractivity contribution >= 4 is 22.6 Å². The van der Waals surface area contributed by atoms with E-state index in [9.17, 15) is 0 Å². The van der Waals surface area contributed by atoms with Crippen LogP contribution in [-0.4, -0.2) is 4.43 Å². The van der Waals surface area contributed by atoms with Crippen molar-refractivity contribution in [3.05, 3.63) is 0 Å². The first-order valence-corrected chi connectivity index (χ1v) is 5.82. The lowest BCUT2D eigenvalue weighted by molar-refractivity contribution is 0.385. The molecule has 0 aromatic rings. The molecule has 1 rings (SSSR count). The molecule has 0 heterocycles. The average Bonchev–Trinajstić information content (AvgIpc) is 2.34. The molecule has 0 radical (unpaired) electrons. The molecular formula is C9H17I. The first kappa shape index (κ1) is 8.82. The van der Waals surface area contributed by atoms with Gasteiger partial charge in [-0.3, -0.25) is 0 Å². The second kappa shape index (κ2) is 3.93. The van der Waals surface area contributed by atoms with Crippen molar-refractivity contribution in [3.63, 3.8) is 0 Å². The molecule has 0 N–H and O–H groups in total. The Bertz CT molecular complexity index is 98.9. The van der Waals surface area contributed by atoms with Crippen molar-refractivity contribution in [2.45, 2.75) is 33.1 Å². The third-order valence-corrected chi connectivity index (χ3v) is 3.99. The highest BCUT2D eigenvalue weighted by Gasteiger charge is 2.25. The fourth-order valence-electron chi connectivity index (χ4n) is 1.86. The van der Waals surface area contributed by atoms with E-state index in [0.29, 0.717) is 0 Å². The highest BCUT2D eigenvalue weighted by Crippen LogP contribution is 2.36. The quantitative estimate of drug-likeness (QED) is 0.521. The summed E-state index contributed by atoms with van der Waals surface area (Å²) in [5.41, 5.74) is 0. The van der Waals surface area contributed by atoms with E-state index in [-0.39, 0.29) is 0 Å². The second-order valence-corrected chi connectivity index (χ2v) is 4.72. The molecule has 2 atom stereocenters. The minimum atomic E-state index is 0.924. The highest BCUT2D eigenvalue weighted by atomic mass is 127. The van der Waals surface area contributed by atoms with Crippen molar-refractivity contribution in [2.75, 3.05) is 4.43 Å². The van der Waals surface area contributed by atoms with Gasteiger partial charge in [0.15, 0.2) is 0 Å². The van der Waals surface area contributed by atoms with Gasteiger partial charge in [-0.05, 0) is 37.0 Å². The Kier molecular flexibility index (Phi) is 3.47. The van der Waals surface area contributed by atoms with Crippen molar-refractivity contribution < 1.29 is 0 Å². The molecule has 0 saturated heterocycles. The summed E-state index contributed by atoms with van der Waals surface area (Å²) in [5, 5.41) is 0. The molecule has 1 aliphatic carbocycles. The van der Waals surface area contributed by atoms with Gasteiger partial charge in [0.2, 0.25) is 0 Å². The third kappa shape index (κ3) is 2.11. The third-order valence-electron chi connectivity index (χ3n) is 2.74. The lowest BCUT2D eigenvalue weighted by atomic mass is 9.94. The lowest BCUT2D eigenvalue weighted by Crippen LogP contribution is -2.04. The van der Waals surface area contributed by atoms with Gasteiger partial charge in [-0.1, -0.05) is 36.4 Å². The topological polar surface area (TPSA) is 0 Å². The smallest absolute Gasteiger partial charge is 0.00238 e. The summed E-state index contributed by atoms with van der Waals surface area (Å²) in [7, 11) is 0. The van der Waals surface area contributed by atoms with E-state index in [0.717, 1.165) is 17.8 Å². The van der Waals surface area contributed by atoms with Crippen molar-refractivity contribution in [1.82, 2.24) is 0 Å². The molecule has 0 aliphatic heterocycles. The Morgan fingerprint density at radius 1 is 1.40 bits per heavy atom. The van der Waals surface area contributed by atoms with Gasteiger partial charge in [-0.2, -0.15) is 0 Å². The van der Waals surface area contributed by atoms with Crippen LogP contribution in [0.2, 0.25) is 0 Å². The number of hydrogen-bond acceptors (Lipinski definition) is 0. The molecule has 1 aliphatic rings. The van der Waals surface area contributed by atoms with E-state index in [1.807, 2.05) is 0 Å². The SMILES string of the molecule is CC(C)[C@@H]1CC[C@H](CI)C1. The molecule has 0 aromatic carbocycles. The van der Waals surface area contributed by atoms with Crippen LogP contribution in [0.25, 0.3) is 0 Å². The zero-order valence-corrected chi connectivity index (χ0v) is 9.10. The number of hydrogen-bond donors (Lipinski definition) is 0. The summed E-state index contributed by atoms with van der Waals surface area (Å²) < 4.78 is 1.38. The molecule has 0 amide bonds. The Balaban J connectivity index is 2.28. The number of rotatable bonds is 2. The lowest BCUT2D eigenvalue weighted by Gasteiger charge is -2.13. The van der Waals surface area contributed by atoms with Gasteiger partial charge in [-0.25, -0.2) is 0 Å². The van der Waals surface area contributed by atoms with E-state index < -0.39 is 0 Å². The first-order chi connectivity index (χ1) is 4.74. The molecule has 0 aromatic heterocycles. The zero-order valence-electron chi connectivity index (χ0n) is 6.94. The van der Waals surface area contributed by atoms with Gasteiger partial charge in [0.05, 0.1) is 0 Å². The van der Waals surface area contributed by atoms with Crippen LogP contribution in [0.1, 0.15) is 33.1 Å². The average molecular weight is 252 g/mol. The summed E-state index contributed by atoms with van der Waals surface area (Å²) in [5.74, 6) is 3.01. The fourth-order valence-corrected chi connectivity index (χ4v) is 2.66. The van der Waals surface area contributed by atoms with Crippen molar-refractivity contribution in [2.24, 2.45) is 17.8 Å². The predicted octanol–water partition coefficient (Wildman–Crippen LogP) is 3.49. The van der Waals surface area contributed by atoms with Crippen LogP contribution >= 0.6 is 22.6 Å². The number of alkyl halides is 1. The molecule has 1 heteroatoms. The van der Waals surface area contributed by atoms with E-state index in [1.165, 1.54) is 23.7 Å².